The van der Waals surface area contributed by atoms with Crippen LogP contribution >= 0.6 is 0 Å². The number of aromatic nitrogens is 1. The van der Waals surface area contributed by atoms with E-state index in [2.05, 4.69) is 4.98 Å². The molecule has 0 saturated carbocycles. The highest BCUT2D eigenvalue weighted by Gasteiger charge is 2.11. The summed E-state index contributed by atoms with van der Waals surface area (Å²) < 4.78 is 27.4. The Kier molecular flexibility index (Phi) is 2.40. The summed E-state index contributed by atoms with van der Waals surface area (Å²) in [4.78, 5) is 3.11. The molecule has 3 heteroatoms. The van der Waals surface area contributed by atoms with Crippen molar-refractivity contribution in [3.8, 4) is 11.1 Å². The highest BCUT2D eigenvalue weighted by Crippen LogP contribution is 2.29. The highest BCUT2D eigenvalue weighted by molar-refractivity contribution is 5.87. The van der Waals surface area contributed by atoms with Crippen LogP contribution in [0.25, 0.3) is 22.0 Å². The maximum atomic E-state index is 13.7. The Bertz CT molecular complexity index is 708. The number of H-pyrrole nitrogens is 1. The zero-order chi connectivity index (χ0) is 12.7. The fourth-order valence-electron chi connectivity index (χ4n) is 2.19. The minimum Gasteiger partial charge on any atom is -0.361 e. The summed E-state index contributed by atoms with van der Waals surface area (Å²) in [6, 6.07) is 9.28. The van der Waals surface area contributed by atoms with Crippen LogP contribution in [-0.2, 0) is 0 Å². The van der Waals surface area contributed by atoms with Crippen LogP contribution in [0.15, 0.2) is 42.6 Å². The molecule has 90 valence electrons. The SMILES string of the molecule is Cc1c[nH]c2ccc(-c3c(F)cccc3F)cc12. The number of aromatic amines is 1. The molecule has 0 aliphatic carbocycles. The largest absolute Gasteiger partial charge is 0.361 e. The van der Waals surface area contributed by atoms with Crippen LogP contribution in [0, 0.1) is 18.6 Å². The molecular formula is C15H11F2N. The van der Waals surface area contributed by atoms with Crippen molar-refractivity contribution in [2.75, 3.05) is 0 Å². The molecule has 0 saturated heterocycles. The molecule has 0 unspecified atom stereocenters. The molecule has 1 N–H and O–H groups in total. The number of hydrogen-bond donors (Lipinski definition) is 1. The van der Waals surface area contributed by atoms with Crippen molar-refractivity contribution in [1.82, 2.24) is 4.98 Å². The fraction of sp³-hybridized carbons (Fsp3) is 0.0667. The summed E-state index contributed by atoms with van der Waals surface area (Å²) in [6.07, 6.45) is 1.88. The van der Waals surface area contributed by atoms with Crippen LogP contribution in [-0.4, -0.2) is 4.98 Å². The van der Waals surface area contributed by atoms with Crippen LogP contribution in [0.4, 0.5) is 8.78 Å². The van der Waals surface area contributed by atoms with Crippen molar-refractivity contribution in [2.24, 2.45) is 0 Å². The lowest BCUT2D eigenvalue weighted by Crippen LogP contribution is -1.89. The predicted molar refractivity (Wildman–Crippen MR) is 68.4 cm³/mol. The first-order valence-electron chi connectivity index (χ1n) is 5.69. The molecule has 0 aliphatic heterocycles. The number of aryl methyl sites for hydroxylation is 1. The molecule has 0 amide bonds. The molecule has 0 bridgehead atoms. The summed E-state index contributed by atoms with van der Waals surface area (Å²) >= 11 is 0. The lowest BCUT2D eigenvalue weighted by atomic mass is 10.0. The van der Waals surface area contributed by atoms with Gasteiger partial charge in [0.25, 0.3) is 0 Å². The van der Waals surface area contributed by atoms with Gasteiger partial charge in [-0.2, -0.15) is 0 Å². The first-order chi connectivity index (χ1) is 8.66. The van der Waals surface area contributed by atoms with Crippen molar-refractivity contribution in [1.29, 1.82) is 0 Å². The molecule has 18 heavy (non-hydrogen) atoms. The van der Waals surface area contributed by atoms with Crippen molar-refractivity contribution < 1.29 is 8.78 Å². The van der Waals surface area contributed by atoms with Crippen LogP contribution in [0.3, 0.4) is 0 Å². The van der Waals surface area contributed by atoms with E-state index in [-0.39, 0.29) is 5.56 Å². The van der Waals surface area contributed by atoms with Gasteiger partial charge in [-0.15, -0.1) is 0 Å². The van der Waals surface area contributed by atoms with Crippen molar-refractivity contribution >= 4 is 10.9 Å². The van der Waals surface area contributed by atoms with E-state index in [1.807, 2.05) is 25.3 Å². The molecule has 1 aromatic heterocycles. The number of hydrogen-bond acceptors (Lipinski definition) is 0. The summed E-state index contributed by atoms with van der Waals surface area (Å²) in [5.74, 6) is -1.08. The lowest BCUT2D eigenvalue weighted by molar-refractivity contribution is 0.589. The van der Waals surface area contributed by atoms with E-state index in [1.54, 1.807) is 6.07 Å². The van der Waals surface area contributed by atoms with Crippen molar-refractivity contribution in [3.05, 3.63) is 59.8 Å². The summed E-state index contributed by atoms with van der Waals surface area (Å²) in [7, 11) is 0. The standard InChI is InChI=1S/C15H11F2N/c1-9-8-18-14-6-5-10(7-11(9)14)15-12(16)3-2-4-13(15)17/h2-8,18H,1H3. The van der Waals surface area contributed by atoms with Crippen LogP contribution in [0.2, 0.25) is 0 Å². The molecule has 0 aliphatic rings. The van der Waals surface area contributed by atoms with Crippen molar-refractivity contribution in [2.45, 2.75) is 6.92 Å². The van der Waals surface area contributed by atoms with Gasteiger partial charge >= 0.3 is 0 Å². The van der Waals surface area contributed by atoms with Crippen LogP contribution < -0.4 is 0 Å². The predicted octanol–water partition coefficient (Wildman–Crippen LogP) is 4.42. The number of fused-ring (bicyclic) bond motifs is 1. The number of halogens is 2. The second kappa shape index (κ2) is 3.95. The topological polar surface area (TPSA) is 15.8 Å². The third-order valence-electron chi connectivity index (χ3n) is 3.14. The molecule has 3 aromatic rings. The zero-order valence-electron chi connectivity index (χ0n) is 9.80. The first-order valence-corrected chi connectivity index (χ1v) is 5.69. The number of rotatable bonds is 1. The maximum absolute atomic E-state index is 13.7. The zero-order valence-corrected chi connectivity index (χ0v) is 9.80. The summed E-state index contributed by atoms with van der Waals surface area (Å²) in [5.41, 5.74) is 2.61. The molecule has 1 heterocycles. The normalized spacial score (nSPS) is 11.1. The molecule has 3 rings (SSSR count). The Morgan fingerprint density at radius 3 is 2.44 bits per heavy atom. The Labute approximate surface area is 103 Å². The lowest BCUT2D eigenvalue weighted by Gasteiger charge is -2.05. The van der Waals surface area contributed by atoms with Gasteiger partial charge in [0.05, 0.1) is 5.56 Å². The average molecular weight is 243 g/mol. The molecule has 0 fully saturated rings. The van der Waals surface area contributed by atoms with E-state index in [0.717, 1.165) is 16.5 Å². The van der Waals surface area contributed by atoms with E-state index in [9.17, 15) is 8.78 Å². The van der Waals surface area contributed by atoms with E-state index < -0.39 is 11.6 Å². The minimum atomic E-state index is -0.539. The monoisotopic (exact) mass is 243 g/mol. The van der Waals surface area contributed by atoms with Crippen LogP contribution in [0.1, 0.15) is 5.56 Å². The van der Waals surface area contributed by atoms with Crippen LogP contribution in [0.5, 0.6) is 0 Å². The van der Waals surface area contributed by atoms with Gasteiger partial charge < -0.3 is 4.98 Å². The van der Waals surface area contributed by atoms with Gasteiger partial charge in [0, 0.05) is 17.1 Å². The Hall–Kier alpha value is -2.16. The van der Waals surface area contributed by atoms with Gasteiger partial charge in [-0.05, 0) is 42.3 Å². The Morgan fingerprint density at radius 2 is 1.72 bits per heavy atom. The average Bonchev–Trinajstić information content (AvgIpc) is 2.71. The highest BCUT2D eigenvalue weighted by atomic mass is 19.1. The summed E-state index contributed by atoms with van der Waals surface area (Å²) in [6.45, 7) is 1.96. The quantitative estimate of drug-likeness (QED) is 0.651. The number of nitrogens with one attached hydrogen (secondary N) is 1. The third kappa shape index (κ3) is 1.59. The molecule has 2 aromatic carbocycles. The van der Waals surface area contributed by atoms with Gasteiger partial charge in [0.15, 0.2) is 0 Å². The summed E-state index contributed by atoms with van der Waals surface area (Å²) in [5, 5.41) is 0.982. The molecular weight excluding hydrogens is 232 g/mol. The number of benzene rings is 2. The van der Waals surface area contributed by atoms with Gasteiger partial charge in [0.1, 0.15) is 11.6 Å². The maximum Gasteiger partial charge on any atom is 0.133 e. The second-order valence-corrected chi connectivity index (χ2v) is 4.33. The molecule has 0 radical (unpaired) electrons. The van der Waals surface area contributed by atoms with E-state index in [1.165, 1.54) is 18.2 Å². The van der Waals surface area contributed by atoms with E-state index in [4.69, 9.17) is 0 Å². The Morgan fingerprint density at radius 1 is 1.00 bits per heavy atom. The van der Waals surface area contributed by atoms with Gasteiger partial charge in [0.2, 0.25) is 0 Å². The molecule has 1 nitrogen and oxygen atoms in total. The third-order valence-corrected chi connectivity index (χ3v) is 3.14. The Balaban J connectivity index is 2.28. The minimum absolute atomic E-state index is 0.0278. The first kappa shape index (κ1) is 11.0. The van der Waals surface area contributed by atoms with Gasteiger partial charge in [-0.3, -0.25) is 0 Å². The fourth-order valence-corrected chi connectivity index (χ4v) is 2.19. The van der Waals surface area contributed by atoms with E-state index >= 15 is 0 Å². The molecule has 0 spiro atoms. The molecule has 0 atom stereocenters. The van der Waals surface area contributed by atoms with Gasteiger partial charge in [-0.1, -0.05) is 12.1 Å². The van der Waals surface area contributed by atoms with Crippen molar-refractivity contribution in [3.63, 3.8) is 0 Å². The van der Waals surface area contributed by atoms with E-state index in [0.29, 0.717) is 5.56 Å². The second-order valence-electron chi connectivity index (χ2n) is 4.33. The smallest absolute Gasteiger partial charge is 0.133 e. The van der Waals surface area contributed by atoms with Gasteiger partial charge in [-0.25, -0.2) is 8.78 Å².